The minimum Gasteiger partial charge on any atom is -0.355 e. The van der Waals surface area contributed by atoms with E-state index < -0.39 is 15.6 Å². The fourth-order valence-corrected chi connectivity index (χ4v) is 4.50. The zero-order valence-electron chi connectivity index (χ0n) is 17.4. The highest BCUT2D eigenvalue weighted by Gasteiger charge is 2.22. The molecule has 0 aliphatic heterocycles. The van der Waals surface area contributed by atoms with E-state index >= 15 is 0 Å². The molecule has 0 spiro atoms. The van der Waals surface area contributed by atoms with Gasteiger partial charge in [-0.15, -0.1) is 0 Å². The van der Waals surface area contributed by atoms with Gasteiger partial charge in [-0.25, -0.2) is 8.42 Å². The second-order valence-corrected chi connectivity index (χ2v) is 8.83. The molecule has 0 aromatic carbocycles. The van der Waals surface area contributed by atoms with Gasteiger partial charge in [0.1, 0.15) is 6.54 Å². The van der Waals surface area contributed by atoms with Gasteiger partial charge in [0, 0.05) is 31.9 Å². The van der Waals surface area contributed by atoms with Crippen molar-refractivity contribution in [3.63, 3.8) is 0 Å². The molecule has 0 atom stereocenters. The first-order valence-electron chi connectivity index (χ1n) is 10.3. The Balaban J connectivity index is 2.57. The van der Waals surface area contributed by atoms with E-state index in [4.69, 9.17) is 0 Å². The van der Waals surface area contributed by atoms with Crippen LogP contribution in [0.15, 0.2) is 28.0 Å². The van der Waals surface area contributed by atoms with E-state index in [0.717, 1.165) is 17.4 Å². The van der Waals surface area contributed by atoms with Crippen molar-refractivity contribution in [1.82, 2.24) is 14.2 Å². The number of pyridine rings is 1. The fraction of sp³-hybridized carbons (Fsp3) is 0.700. The van der Waals surface area contributed by atoms with Crippen LogP contribution in [0.25, 0.3) is 0 Å². The summed E-state index contributed by atoms with van der Waals surface area (Å²) in [6, 6.07) is 2.49. The van der Waals surface area contributed by atoms with Crippen LogP contribution in [0.4, 0.5) is 0 Å². The SMILES string of the molecule is CCCCCCCCCNC(=O)Cn1cc(S(=O)(=O)N(CC)CC)ccc1=O. The standard InChI is InChI=1S/C20H35N3O4S/c1-4-7-8-9-10-11-12-15-21-19(24)17-22-16-18(13-14-20(22)25)28(26,27)23(5-2)6-3/h13-14,16H,4-12,15,17H2,1-3H3,(H,21,24). The Labute approximate surface area is 169 Å². The third kappa shape index (κ3) is 7.75. The highest BCUT2D eigenvalue weighted by atomic mass is 32.2. The number of hydrogen-bond acceptors (Lipinski definition) is 4. The van der Waals surface area contributed by atoms with Crippen molar-refractivity contribution in [2.24, 2.45) is 0 Å². The number of aromatic nitrogens is 1. The molecule has 0 fully saturated rings. The Hall–Kier alpha value is -1.67. The summed E-state index contributed by atoms with van der Waals surface area (Å²) < 4.78 is 27.7. The molecule has 0 saturated heterocycles. The number of nitrogens with zero attached hydrogens (tertiary/aromatic N) is 2. The van der Waals surface area contributed by atoms with Crippen LogP contribution in [0.2, 0.25) is 0 Å². The van der Waals surface area contributed by atoms with E-state index in [1.165, 1.54) is 54.7 Å². The van der Waals surface area contributed by atoms with Crippen molar-refractivity contribution in [2.45, 2.75) is 77.2 Å². The van der Waals surface area contributed by atoms with E-state index in [-0.39, 0.29) is 17.3 Å². The Bertz CT molecular complexity index is 755. The van der Waals surface area contributed by atoms with Crippen LogP contribution in [-0.4, -0.2) is 42.8 Å². The van der Waals surface area contributed by atoms with E-state index in [2.05, 4.69) is 12.2 Å². The number of amides is 1. The van der Waals surface area contributed by atoms with Crippen LogP contribution in [-0.2, 0) is 21.4 Å². The van der Waals surface area contributed by atoms with Gasteiger partial charge in [0.05, 0.1) is 4.90 Å². The highest BCUT2D eigenvalue weighted by molar-refractivity contribution is 7.89. The van der Waals surface area contributed by atoms with Crippen LogP contribution in [0.1, 0.15) is 65.7 Å². The summed E-state index contributed by atoms with van der Waals surface area (Å²) in [7, 11) is -3.67. The molecule has 0 aliphatic carbocycles. The molecule has 1 amide bonds. The second-order valence-electron chi connectivity index (χ2n) is 6.89. The summed E-state index contributed by atoms with van der Waals surface area (Å²) >= 11 is 0. The molecule has 1 heterocycles. The van der Waals surface area contributed by atoms with E-state index in [9.17, 15) is 18.0 Å². The van der Waals surface area contributed by atoms with Crippen LogP contribution < -0.4 is 10.9 Å². The minimum atomic E-state index is -3.67. The maximum atomic E-state index is 12.6. The van der Waals surface area contributed by atoms with Gasteiger partial charge < -0.3 is 9.88 Å². The second kappa shape index (κ2) is 12.7. The predicted molar refractivity (Wildman–Crippen MR) is 112 cm³/mol. The van der Waals surface area contributed by atoms with Gasteiger partial charge in [0.25, 0.3) is 5.56 Å². The fourth-order valence-electron chi connectivity index (χ4n) is 3.02. The summed E-state index contributed by atoms with van der Waals surface area (Å²) in [5.74, 6) is -0.287. The first-order chi connectivity index (χ1) is 13.4. The van der Waals surface area contributed by atoms with Gasteiger partial charge in [-0.05, 0) is 12.5 Å². The van der Waals surface area contributed by atoms with Crippen molar-refractivity contribution >= 4 is 15.9 Å². The third-order valence-electron chi connectivity index (χ3n) is 4.72. The van der Waals surface area contributed by atoms with Crippen LogP contribution >= 0.6 is 0 Å². The lowest BCUT2D eigenvalue weighted by molar-refractivity contribution is -0.121. The monoisotopic (exact) mass is 413 g/mol. The first kappa shape index (κ1) is 24.4. The Kier molecular flexibility index (Phi) is 11.1. The summed E-state index contributed by atoms with van der Waals surface area (Å²) in [5.41, 5.74) is -0.399. The van der Waals surface area contributed by atoms with Crippen molar-refractivity contribution in [1.29, 1.82) is 0 Å². The number of carbonyl (C=O) groups excluding carboxylic acids is 1. The molecular formula is C20H35N3O4S. The van der Waals surface area contributed by atoms with Crippen molar-refractivity contribution in [3.05, 3.63) is 28.7 Å². The number of nitrogens with one attached hydrogen (secondary N) is 1. The van der Waals surface area contributed by atoms with Gasteiger partial charge in [0.2, 0.25) is 15.9 Å². The van der Waals surface area contributed by atoms with Crippen molar-refractivity contribution in [2.75, 3.05) is 19.6 Å². The van der Waals surface area contributed by atoms with Gasteiger partial charge in [-0.2, -0.15) is 4.31 Å². The molecule has 0 saturated carbocycles. The van der Waals surface area contributed by atoms with Crippen molar-refractivity contribution in [3.8, 4) is 0 Å². The Morgan fingerprint density at radius 1 is 1.00 bits per heavy atom. The van der Waals surface area contributed by atoms with Crippen LogP contribution in [0.3, 0.4) is 0 Å². The average Bonchev–Trinajstić information content (AvgIpc) is 2.66. The van der Waals surface area contributed by atoms with Gasteiger partial charge >= 0.3 is 0 Å². The topological polar surface area (TPSA) is 88.5 Å². The number of rotatable bonds is 14. The lowest BCUT2D eigenvalue weighted by Crippen LogP contribution is -2.34. The quantitative estimate of drug-likeness (QED) is 0.475. The zero-order valence-corrected chi connectivity index (χ0v) is 18.3. The maximum absolute atomic E-state index is 12.6. The molecule has 8 heteroatoms. The molecule has 0 unspecified atom stereocenters. The Morgan fingerprint density at radius 2 is 1.61 bits per heavy atom. The summed E-state index contributed by atoms with van der Waals surface area (Å²) in [6.07, 6.45) is 9.39. The largest absolute Gasteiger partial charge is 0.355 e. The zero-order chi connectivity index (χ0) is 21.0. The molecular weight excluding hydrogens is 378 g/mol. The molecule has 160 valence electrons. The predicted octanol–water partition coefficient (Wildman–Crippen LogP) is 2.75. The maximum Gasteiger partial charge on any atom is 0.251 e. The number of carbonyl (C=O) groups is 1. The van der Waals surface area contributed by atoms with Gasteiger partial charge in [-0.1, -0.05) is 59.3 Å². The van der Waals surface area contributed by atoms with Crippen LogP contribution in [0, 0.1) is 0 Å². The lowest BCUT2D eigenvalue weighted by Gasteiger charge is -2.19. The molecule has 1 rings (SSSR count). The third-order valence-corrected chi connectivity index (χ3v) is 6.75. The molecule has 0 aliphatic rings. The summed E-state index contributed by atoms with van der Waals surface area (Å²) in [6.45, 7) is 6.78. The first-order valence-corrected chi connectivity index (χ1v) is 11.8. The molecule has 7 nitrogen and oxygen atoms in total. The van der Waals surface area contributed by atoms with Crippen molar-refractivity contribution < 1.29 is 13.2 Å². The summed E-state index contributed by atoms with van der Waals surface area (Å²) in [4.78, 5) is 24.2. The minimum absolute atomic E-state index is 0.0238. The smallest absolute Gasteiger partial charge is 0.251 e. The number of sulfonamides is 1. The molecule has 0 radical (unpaired) electrons. The van der Waals surface area contributed by atoms with Gasteiger partial charge in [0.15, 0.2) is 0 Å². The normalized spacial score (nSPS) is 11.7. The van der Waals surface area contributed by atoms with E-state index in [0.29, 0.717) is 19.6 Å². The van der Waals surface area contributed by atoms with Gasteiger partial charge in [-0.3, -0.25) is 9.59 Å². The Morgan fingerprint density at radius 3 is 2.21 bits per heavy atom. The molecule has 1 aromatic heterocycles. The average molecular weight is 414 g/mol. The molecule has 0 bridgehead atoms. The number of unbranched alkanes of at least 4 members (excludes halogenated alkanes) is 6. The number of hydrogen-bond donors (Lipinski definition) is 1. The lowest BCUT2D eigenvalue weighted by atomic mass is 10.1. The van der Waals surface area contributed by atoms with E-state index in [1.54, 1.807) is 13.8 Å². The molecule has 1 aromatic rings. The summed E-state index contributed by atoms with van der Waals surface area (Å²) in [5, 5.41) is 2.81. The highest BCUT2D eigenvalue weighted by Crippen LogP contribution is 2.13. The molecule has 28 heavy (non-hydrogen) atoms. The van der Waals surface area contributed by atoms with E-state index in [1.807, 2.05) is 0 Å². The molecule has 1 N–H and O–H groups in total. The van der Waals surface area contributed by atoms with Crippen LogP contribution in [0.5, 0.6) is 0 Å².